The maximum Gasteiger partial charge on any atom is 0.435 e. The SMILES string of the molecule is Cc1nn(C)c(C)c1CNC(=O)c1ccc(-c2cc(C(F)(F)F)nn2-c2ccccc2Cl)cc1. The second-order valence-electron chi connectivity index (χ2n) is 7.81. The van der Waals surface area contributed by atoms with E-state index < -0.39 is 11.9 Å². The van der Waals surface area contributed by atoms with Gasteiger partial charge in [-0.25, -0.2) is 4.68 Å². The number of halogens is 4. The number of aryl methyl sites for hydroxylation is 2. The van der Waals surface area contributed by atoms with Crippen LogP contribution in [-0.4, -0.2) is 25.5 Å². The maximum absolute atomic E-state index is 13.4. The molecule has 0 aliphatic carbocycles. The number of hydrogen-bond acceptors (Lipinski definition) is 3. The van der Waals surface area contributed by atoms with Crippen LogP contribution >= 0.6 is 11.6 Å². The molecular formula is C24H21ClF3N5O. The van der Waals surface area contributed by atoms with Crippen LogP contribution in [0.5, 0.6) is 0 Å². The molecule has 0 aliphatic rings. The normalized spacial score (nSPS) is 11.6. The number of amides is 1. The summed E-state index contributed by atoms with van der Waals surface area (Å²) in [6, 6.07) is 13.8. The van der Waals surface area contributed by atoms with E-state index in [0.717, 1.165) is 27.7 Å². The molecule has 4 rings (SSSR count). The van der Waals surface area contributed by atoms with Crippen molar-refractivity contribution in [2.75, 3.05) is 0 Å². The van der Waals surface area contributed by atoms with E-state index in [1.165, 1.54) is 0 Å². The molecule has 0 saturated carbocycles. The molecule has 2 aromatic carbocycles. The molecule has 0 bridgehead atoms. The van der Waals surface area contributed by atoms with E-state index in [1.54, 1.807) is 53.2 Å². The van der Waals surface area contributed by atoms with Crippen LogP contribution in [0, 0.1) is 13.8 Å². The number of benzene rings is 2. The zero-order chi connectivity index (χ0) is 24.6. The molecule has 0 saturated heterocycles. The van der Waals surface area contributed by atoms with Gasteiger partial charge in [0.25, 0.3) is 5.91 Å². The van der Waals surface area contributed by atoms with Gasteiger partial charge in [-0.05, 0) is 44.2 Å². The summed E-state index contributed by atoms with van der Waals surface area (Å²) in [5, 5.41) is 11.2. The monoisotopic (exact) mass is 487 g/mol. The maximum atomic E-state index is 13.4. The van der Waals surface area contributed by atoms with Crippen molar-refractivity contribution in [2.45, 2.75) is 26.6 Å². The molecule has 6 nitrogen and oxygen atoms in total. The minimum absolute atomic E-state index is 0.203. The van der Waals surface area contributed by atoms with E-state index in [-0.39, 0.29) is 16.6 Å². The van der Waals surface area contributed by atoms with Crippen LogP contribution in [0.4, 0.5) is 13.2 Å². The van der Waals surface area contributed by atoms with Crippen LogP contribution in [0.3, 0.4) is 0 Å². The van der Waals surface area contributed by atoms with Crippen molar-refractivity contribution in [2.24, 2.45) is 7.05 Å². The van der Waals surface area contributed by atoms with Crippen molar-refractivity contribution in [3.05, 3.63) is 87.8 Å². The fraction of sp³-hybridized carbons (Fsp3) is 0.208. The van der Waals surface area contributed by atoms with Gasteiger partial charge in [0.1, 0.15) is 0 Å². The van der Waals surface area contributed by atoms with Gasteiger partial charge >= 0.3 is 6.18 Å². The van der Waals surface area contributed by atoms with E-state index in [2.05, 4.69) is 15.5 Å². The number of nitrogens with one attached hydrogen (secondary N) is 1. The van der Waals surface area contributed by atoms with Crippen LogP contribution in [0.1, 0.15) is 33.0 Å². The highest BCUT2D eigenvalue weighted by atomic mass is 35.5. The zero-order valence-electron chi connectivity index (χ0n) is 18.6. The molecule has 2 aromatic heterocycles. The van der Waals surface area contributed by atoms with Gasteiger partial charge in [0.05, 0.1) is 22.1 Å². The van der Waals surface area contributed by atoms with Gasteiger partial charge in [-0.1, -0.05) is 35.9 Å². The molecule has 0 unspecified atom stereocenters. The smallest absolute Gasteiger partial charge is 0.348 e. The number of carbonyl (C=O) groups is 1. The average Bonchev–Trinajstić information content (AvgIpc) is 3.34. The molecule has 4 aromatic rings. The number of aromatic nitrogens is 4. The number of hydrogen-bond donors (Lipinski definition) is 1. The highest BCUT2D eigenvalue weighted by Crippen LogP contribution is 2.34. The first-order chi connectivity index (χ1) is 16.1. The van der Waals surface area contributed by atoms with Crippen molar-refractivity contribution < 1.29 is 18.0 Å². The minimum Gasteiger partial charge on any atom is -0.348 e. The van der Waals surface area contributed by atoms with Crippen LogP contribution in [0.25, 0.3) is 16.9 Å². The first kappa shape index (κ1) is 23.6. The largest absolute Gasteiger partial charge is 0.435 e. The van der Waals surface area contributed by atoms with Gasteiger partial charge in [-0.3, -0.25) is 9.48 Å². The van der Waals surface area contributed by atoms with Gasteiger partial charge in [-0.15, -0.1) is 0 Å². The van der Waals surface area contributed by atoms with E-state index in [4.69, 9.17) is 11.6 Å². The Morgan fingerprint density at radius 2 is 1.74 bits per heavy atom. The van der Waals surface area contributed by atoms with Gasteiger partial charge < -0.3 is 5.32 Å². The van der Waals surface area contributed by atoms with E-state index >= 15 is 0 Å². The van der Waals surface area contributed by atoms with E-state index in [1.807, 2.05) is 20.9 Å². The number of rotatable bonds is 5. The summed E-state index contributed by atoms with van der Waals surface area (Å²) < 4.78 is 43.1. The molecule has 2 heterocycles. The Morgan fingerprint density at radius 3 is 2.32 bits per heavy atom. The fourth-order valence-electron chi connectivity index (χ4n) is 3.67. The first-order valence-corrected chi connectivity index (χ1v) is 10.7. The highest BCUT2D eigenvalue weighted by Gasteiger charge is 2.35. The highest BCUT2D eigenvalue weighted by molar-refractivity contribution is 6.32. The van der Waals surface area contributed by atoms with Crippen molar-refractivity contribution in [1.82, 2.24) is 24.9 Å². The molecule has 0 atom stereocenters. The summed E-state index contributed by atoms with van der Waals surface area (Å²) in [6.07, 6.45) is -4.62. The molecule has 176 valence electrons. The standard InChI is InChI=1S/C24H21ClF3N5O/c1-14-18(15(2)32(3)30-14)13-29-23(34)17-10-8-16(9-11-17)21-12-22(24(26,27)28)31-33(21)20-7-5-4-6-19(20)25/h4-12H,13H2,1-3H3,(H,29,34). The summed E-state index contributed by atoms with van der Waals surface area (Å²) in [5.74, 6) is -0.301. The first-order valence-electron chi connectivity index (χ1n) is 10.4. The quantitative estimate of drug-likeness (QED) is 0.405. The summed E-state index contributed by atoms with van der Waals surface area (Å²) in [5.41, 5.74) is 3.06. The topological polar surface area (TPSA) is 64.7 Å². The molecule has 0 fully saturated rings. The molecule has 0 aliphatic heterocycles. The molecular weight excluding hydrogens is 467 g/mol. The molecule has 1 N–H and O–H groups in total. The minimum atomic E-state index is -4.62. The Kier molecular flexibility index (Phi) is 6.22. The van der Waals surface area contributed by atoms with Gasteiger partial charge in [0.15, 0.2) is 5.69 Å². The lowest BCUT2D eigenvalue weighted by Crippen LogP contribution is -2.23. The van der Waals surface area contributed by atoms with Crippen molar-refractivity contribution in [3.63, 3.8) is 0 Å². The van der Waals surface area contributed by atoms with Crippen LogP contribution < -0.4 is 5.32 Å². The number of carbonyl (C=O) groups excluding carboxylic acids is 1. The Hall–Kier alpha value is -3.59. The lowest BCUT2D eigenvalue weighted by Gasteiger charge is -2.10. The Bertz CT molecular complexity index is 1360. The Balaban J connectivity index is 1.62. The predicted molar refractivity (Wildman–Crippen MR) is 123 cm³/mol. The number of para-hydroxylation sites is 1. The third kappa shape index (κ3) is 4.56. The van der Waals surface area contributed by atoms with Gasteiger partial charge in [-0.2, -0.15) is 23.4 Å². The van der Waals surface area contributed by atoms with E-state index in [9.17, 15) is 18.0 Å². The van der Waals surface area contributed by atoms with E-state index in [0.29, 0.717) is 23.4 Å². The predicted octanol–water partition coefficient (Wildman–Crippen LogP) is 5.49. The number of nitrogens with zero attached hydrogens (tertiary/aromatic N) is 4. The summed E-state index contributed by atoms with van der Waals surface area (Å²) in [6.45, 7) is 4.12. The Morgan fingerprint density at radius 1 is 1.06 bits per heavy atom. The second kappa shape index (κ2) is 8.98. The van der Waals surface area contributed by atoms with Crippen LogP contribution in [-0.2, 0) is 19.8 Å². The van der Waals surface area contributed by atoms with Crippen molar-refractivity contribution >= 4 is 17.5 Å². The van der Waals surface area contributed by atoms with Crippen molar-refractivity contribution in [1.29, 1.82) is 0 Å². The fourth-order valence-corrected chi connectivity index (χ4v) is 3.88. The van der Waals surface area contributed by atoms with Crippen LogP contribution in [0.15, 0.2) is 54.6 Å². The summed E-state index contributed by atoms with van der Waals surface area (Å²) >= 11 is 6.22. The molecule has 0 radical (unpaired) electrons. The third-order valence-corrected chi connectivity index (χ3v) is 5.93. The lowest BCUT2D eigenvalue weighted by molar-refractivity contribution is -0.141. The molecule has 1 amide bonds. The third-order valence-electron chi connectivity index (χ3n) is 5.61. The number of alkyl halides is 3. The Labute approximate surface area is 199 Å². The summed E-state index contributed by atoms with van der Waals surface area (Å²) in [4.78, 5) is 12.6. The molecule has 10 heteroatoms. The second-order valence-corrected chi connectivity index (χ2v) is 8.22. The molecule has 0 spiro atoms. The van der Waals surface area contributed by atoms with Gasteiger partial charge in [0.2, 0.25) is 0 Å². The lowest BCUT2D eigenvalue weighted by atomic mass is 10.1. The molecule has 34 heavy (non-hydrogen) atoms. The summed E-state index contributed by atoms with van der Waals surface area (Å²) in [7, 11) is 1.84. The zero-order valence-corrected chi connectivity index (χ0v) is 19.4. The van der Waals surface area contributed by atoms with Crippen molar-refractivity contribution in [3.8, 4) is 16.9 Å². The van der Waals surface area contributed by atoms with Gasteiger partial charge in [0, 0.05) is 36.0 Å². The average molecular weight is 488 g/mol. The van der Waals surface area contributed by atoms with Crippen LogP contribution in [0.2, 0.25) is 5.02 Å².